The monoisotopic (exact) mass is 458 g/mol. The number of benzene rings is 1. The second-order valence-corrected chi connectivity index (χ2v) is 8.12. The molecule has 0 radical (unpaired) electrons. The van der Waals surface area contributed by atoms with Gasteiger partial charge in [0.1, 0.15) is 0 Å². The number of rotatable bonds is 5. The van der Waals surface area contributed by atoms with E-state index in [1.54, 1.807) is 0 Å². The molecule has 1 saturated carbocycles. The van der Waals surface area contributed by atoms with Gasteiger partial charge in [0.25, 0.3) is 0 Å². The van der Waals surface area contributed by atoms with Gasteiger partial charge in [0.2, 0.25) is 11.8 Å². The molecule has 0 spiro atoms. The number of methoxy groups -OCH3 is 1. The lowest BCUT2D eigenvalue weighted by Crippen LogP contribution is -2.43. The van der Waals surface area contributed by atoms with E-state index in [0.717, 1.165) is 37.3 Å². The summed E-state index contributed by atoms with van der Waals surface area (Å²) in [6.45, 7) is 0.523. The number of aromatic nitrogens is 2. The standard InChI is InChI=1S/C20H22ClF3N4OS/c1-29-16-11-15(20(22,23)24)26-17(27-16)28-18(30)25-12-19(8-3-2-4-9-19)13-6-5-7-14(21)10-13/h5-7,10-11H,2-4,8-9,12H2,1H3,(H2,25,26,27,28,30). The summed E-state index contributed by atoms with van der Waals surface area (Å²) in [5.41, 5.74) is -0.134. The van der Waals surface area contributed by atoms with Crippen LogP contribution in [0.4, 0.5) is 19.1 Å². The fourth-order valence-electron chi connectivity index (χ4n) is 3.74. The van der Waals surface area contributed by atoms with Crippen LogP contribution >= 0.6 is 23.8 Å². The summed E-state index contributed by atoms with van der Waals surface area (Å²) in [7, 11) is 1.24. The molecule has 0 saturated heterocycles. The number of hydrogen-bond donors (Lipinski definition) is 2. The molecule has 30 heavy (non-hydrogen) atoms. The zero-order valence-corrected chi connectivity index (χ0v) is 17.9. The second-order valence-electron chi connectivity index (χ2n) is 7.28. The van der Waals surface area contributed by atoms with E-state index in [2.05, 4.69) is 26.7 Å². The van der Waals surface area contributed by atoms with E-state index in [0.29, 0.717) is 11.6 Å². The number of thiocarbonyl (C=S) groups is 1. The lowest BCUT2D eigenvalue weighted by Gasteiger charge is -2.38. The molecule has 1 aromatic heterocycles. The predicted octanol–water partition coefficient (Wildman–Crippen LogP) is 5.35. The molecule has 2 aromatic rings. The van der Waals surface area contributed by atoms with Crippen LogP contribution in [0.5, 0.6) is 5.88 Å². The Morgan fingerprint density at radius 2 is 1.93 bits per heavy atom. The Bertz CT molecular complexity index is 904. The van der Waals surface area contributed by atoms with Crippen molar-refractivity contribution in [2.75, 3.05) is 19.0 Å². The van der Waals surface area contributed by atoms with Gasteiger partial charge in [-0.1, -0.05) is 43.0 Å². The Labute approximate surface area is 183 Å². The first kappa shape index (κ1) is 22.6. The van der Waals surface area contributed by atoms with Crippen molar-refractivity contribution in [3.05, 3.63) is 46.6 Å². The lowest BCUT2D eigenvalue weighted by atomic mass is 9.69. The van der Waals surface area contributed by atoms with Gasteiger partial charge in [0.05, 0.1) is 7.11 Å². The summed E-state index contributed by atoms with van der Waals surface area (Å²) in [5, 5.41) is 6.58. The Balaban J connectivity index is 1.74. The highest BCUT2D eigenvalue weighted by Gasteiger charge is 2.35. The molecule has 2 N–H and O–H groups in total. The number of halogens is 4. The van der Waals surface area contributed by atoms with E-state index in [1.165, 1.54) is 13.5 Å². The molecule has 3 rings (SSSR count). The number of anilines is 1. The van der Waals surface area contributed by atoms with Crippen LogP contribution in [-0.4, -0.2) is 28.7 Å². The lowest BCUT2D eigenvalue weighted by molar-refractivity contribution is -0.141. The molecular weight excluding hydrogens is 437 g/mol. The molecule has 1 aliphatic carbocycles. The van der Waals surface area contributed by atoms with E-state index in [1.807, 2.05) is 18.2 Å². The minimum absolute atomic E-state index is 0.142. The van der Waals surface area contributed by atoms with Crippen molar-refractivity contribution < 1.29 is 17.9 Å². The van der Waals surface area contributed by atoms with Crippen molar-refractivity contribution in [2.24, 2.45) is 0 Å². The van der Waals surface area contributed by atoms with Gasteiger partial charge in [-0.25, -0.2) is 4.98 Å². The zero-order valence-electron chi connectivity index (χ0n) is 16.4. The van der Waals surface area contributed by atoms with Gasteiger partial charge in [-0.05, 0) is 42.8 Å². The second kappa shape index (κ2) is 9.34. The Kier molecular flexibility index (Phi) is 7.02. The van der Waals surface area contributed by atoms with Gasteiger partial charge in [0, 0.05) is 23.0 Å². The molecule has 1 aromatic carbocycles. The molecule has 5 nitrogen and oxygen atoms in total. The van der Waals surface area contributed by atoms with E-state index >= 15 is 0 Å². The number of hydrogen-bond acceptors (Lipinski definition) is 4. The van der Waals surface area contributed by atoms with E-state index in [4.69, 9.17) is 28.6 Å². The van der Waals surface area contributed by atoms with E-state index in [9.17, 15) is 13.2 Å². The van der Waals surface area contributed by atoms with Crippen LogP contribution in [0.3, 0.4) is 0 Å². The van der Waals surface area contributed by atoms with Crippen LogP contribution in [0.1, 0.15) is 43.4 Å². The number of alkyl halides is 3. The van der Waals surface area contributed by atoms with Gasteiger partial charge >= 0.3 is 6.18 Å². The smallest absolute Gasteiger partial charge is 0.433 e. The number of nitrogens with zero attached hydrogens (tertiary/aromatic N) is 2. The molecule has 0 amide bonds. The highest BCUT2D eigenvalue weighted by atomic mass is 35.5. The van der Waals surface area contributed by atoms with Crippen molar-refractivity contribution in [1.29, 1.82) is 0 Å². The summed E-state index contributed by atoms with van der Waals surface area (Å²) in [6.07, 6.45) is 0.654. The first-order valence-electron chi connectivity index (χ1n) is 9.53. The van der Waals surface area contributed by atoms with Crippen molar-refractivity contribution in [2.45, 2.75) is 43.7 Å². The van der Waals surface area contributed by atoms with Crippen molar-refractivity contribution >= 4 is 34.9 Å². The quantitative estimate of drug-likeness (QED) is 0.589. The largest absolute Gasteiger partial charge is 0.481 e. The molecular formula is C20H22ClF3N4OS. The van der Waals surface area contributed by atoms with Crippen LogP contribution in [0.2, 0.25) is 5.02 Å². The fourth-order valence-corrected chi connectivity index (χ4v) is 4.09. The van der Waals surface area contributed by atoms with Gasteiger partial charge in [-0.3, -0.25) is 0 Å². The normalized spacial score (nSPS) is 16.0. The van der Waals surface area contributed by atoms with Crippen LogP contribution in [0, 0.1) is 0 Å². The fraction of sp³-hybridized carbons (Fsp3) is 0.450. The van der Waals surface area contributed by atoms with Crippen LogP contribution < -0.4 is 15.4 Å². The molecule has 10 heteroatoms. The minimum Gasteiger partial charge on any atom is -0.481 e. The third-order valence-corrected chi connectivity index (χ3v) is 5.74. The minimum atomic E-state index is -4.62. The summed E-state index contributed by atoms with van der Waals surface area (Å²) in [5.74, 6) is -0.482. The van der Waals surface area contributed by atoms with Gasteiger partial charge in [-0.15, -0.1) is 0 Å². The topological polar surface area (TPSA) is 59.1 Å². The molecule has 0 aliphatic heterocycles. The molecule has 0 unspecified atom stereocenters. The predicted molar refractivity (Wildman–Crippen MR) is 114 cm³/mol. The molecule has 1 fully saturated rings. The van der Waals surface area contributed by atoms with Crippen LogP contribution in [-0.2, 0) is 11.6 Å². The summed E-state index contributed by atoms with van der Waals surface area (Å²) >= 11 is 11.5. The summed E-state index contributed by atoms with van der Waals surface area (Å²) in [4.78, 5) is 7.40. The first-order valence-corrected chi connectivity index (χ1v) is 10.3. The van der Waals surface area contributed by atoms with Crippen molar-refractivity contribution in [1.82, 2.24) is 15.3 Å². The number of ether oxygens (including phenoxy) is 1. The van der Waals surface area contributed by atoms with Crippen LogP contribution in [0.15, 0.2) is 30.3 Å². The molecule has 162 valence electrons. The highest BCUT2D eigenvalue weighted by molar-refractivity contribution is 7.80. The van der Waals surface area contributed by atoms with Gasteiger partial charge < -0.3 is 15.4 Å². The average Bonchev–Trinajstić information content (AvgIpc) is 2.72. The van der Waals surface area contributed by atoms with Crippen molar-refractivity contribution in [3.63, 3.8) is 0 Å². The zero-order chi connectivity index (χ0) is 21.8. The van der Waals surface area contributed by atoms with Gasteiger partial charge in [0.15, 0.2) is 10.8 Å². The average molecular weight is 459 g/mol. The van der Waals surface area contributed by atoms with Crippen molar-refractivity contribution in [3.8, 4) is 5.88 Å². The SMILES string of the molecule is COc1cc(C(F)(F)F)nc(NC(=S)NCC2(c3cccc(Cl)c3)CCCCC2)n1. The third-order valence-electron chi connectivity index (χ3n) is 5.26. The molecule has 1 heterocycles. The first-order chi connectivity index (χ1) is 14.2. The Morgan fingerprint density at radius 1 is 1.20 bits per heavy atom. The molecule has 1 aliphatic rings. The maximum absolute atomic E-state index is 13.1. The molecule has 0 bridgehead atoms. The van der Waals surface area contributed by atoms with E-state index in [-0.39, 0.29) is 22.4 Å². The maximum atomic E-state index is 13.1. The summed E-state index contributed by atoms with van der Waals surface area (Å²) < 4.78 is 44.0. The Morgan fingerprint density at radius 3 is 2.57 bits per heavy atom. The summed E-state index contributed by atoms with van der Waals surface area (Å²) in [6, 6.07) is 8.51. The maximum Gasteiger partial charge on any atom is 0.433 e. The third kappa shape index (κ3) is 5.51. The van der Waals surface area contributed by atoms with Gasteiger partial charge in [-0.2, -0.15) is 18.2 Å². The highest BCUT2D eigenvalue weighted by Crippen LogP contribution is 2.39. The Hall–Kier alpha value is -2.13. The van der Waals surface area contributed by atoms with Crippen LogP contribution in [0.25, 0.3) is 0 Å². The molecule has 0 atom stereocenters. The number of nitrogens with one attached hydrogen (secondary N) is 2. The van der Waals surface area contributed by atoms with E-state index < -0.39 is 11.9 Å².